The zero-order valence-electron chi connectivity index (χ0n) is 21.4. The van der Waals surface area contributed by atoms with Gasteiger partial charge in [-0.3, -0.25) is 9.59 Å². The first kappa shape index (κ1) is 27.6. The molecule has 3 aromatic rings. The molecule has 9 heteroatoms. The monoisotopic (exact) mass is 509 g/mol. The van der Waals surface area contributed by atoms with Crippen LogP contribution < -0.4 is 10.1 Å². The molecule has 0 atom stereocenters. The third kappa shape index (κ3) is 7.49. The van der Waals surface area contributed by atoms with Gasteiger partial charge in [0.15, 0.2) is 0 Å². The van der Waals surface area contributed by atoms with Gasteiger partial charge in [0.2, 0.25) is 0 Å². The van der Waals surface area contributed by atoms with Gasteiger partial charge in [-0.05, 0) is 87.0 Å². The van der Waals surface area contributed by atoms with Gasteiger partial charge < -0.3 is 14.8 Å². The molecule has 1 N–H and O–H groups in total. The minimum Gasteiger partial charge on any atom is -0.490 e. The number of azo groups is 1. The Morgan fingerprint density at radius 1 is 0.921 bits per heavy atom. The molecule has 192 valence electrons. The Morgan fingerprint density at radius 3 is 2.26 bits per heavy atom. The largest absolute Gasteiger partial charge is 0.490 e. The summed E-state index contributed by atoms with van der Waals surface area (Å²) < 4.78 is 10.8. The third-order valence-corrected chi connectivity index (χ3v) is 5.78. The Balaban J connectivity index is 1.51. The molecule has 0 aliphatic rings. The number of ether oxygens (including phenoxy) is 2. The van der Waals surface area contributed by atoms with Crippen LogP contribution in [0.4, 0.5) is 17.1 Å². The summed E-state index contributed by atoms with van der Waals surface area (Å²) in [7, 11) is 0. The molecule has 1 amide bonds. The van der Waals surface area contributed by atoms with Gasteiger partial charge in [-0.1, -0.05) is 6.92 Å². The van der Waals surface area contributed by atoms with Crippen molar-refractivity contribution >= 4 is 28.9 Å². The van der Waals surface area contributed by atoms with Crippen LogP contribution in [0.25, 0.3) is 0 Å². The summed E-state index contributed by atoms with van der Waals surface area (Å²) in [6.45, 7) is 5.97. The van der Waals surface area contributed by atoms with E-state index in [4.69, 9.17) is 14.7 Å². The van der Waals surface area contributed by atoms with Gasteiger partial charge in [0.05, 0.1) is 28.3 Å². The molecule has 0 bridgehead atoms. The summed E-state index contributed by atoms with van der Waals surface area (Å²) in [6, 6.07) is 21.9. The number of benzene rings is 3. The van der Waals surface area contributed by atoms with Crippen molar-refractivity contribution in [1.29, 1.82) is 10.5 Å². The fourth-order valence-corrected chi connectivity index (χ4v) is 3.04. The molecule has 0 unspecified atom stereocenters. The second kappa shape index (κ2) is 12.8. The molecule has 0 saturated heterocycles. The average Bonchev–Trinajstić information content (AvgIpc) is 2.94. The predicted molar refractivity (Wildman–Crippen MR) is 141 cm³/mol. The smallest absolute Gasteiger partial charge is 0.311 e. The molecule has 0 heterocycles. The molecule has 3 aromatic carbocycles. The highest BCUT2D eigenvalue weighted by atomic mass is 16.6. The molecule has 0 aliphatic carbocycles. The van der Waals surface area contributed by atoms with E-state index in [1.165, 1.54) is 6.07 Å². The maximum atomic E-state index is 12.6. The average molecular weight is 510 g/mol. The summed E-state index contributed by atoms with van der Waals surface area (Å²) in [5, 5.41) is 29.2. The van der Waals surface area contributed by atoms with Gasteiger partial charge in [0.25, 0.3) is 5.91 Å². The van der Waals surface area contributed by atoms with E-state index >= 15 is 0 Å². The van der Waals surface area contributed by atoms with Gasteiger partial charge in [0, 0.05) is 11.3 Å². The minimum atomic E-state index is -0.520. The van der Waals surface area contributed by atoms with Crippen LogP contribution in [0.15, 0.2) is 77.0 Å². The van der Waals surface area contributed by atoms with E-state index in [1.807, 2.05) is 32.9 Å². The van der Waals surface area contributed by atoms with Crippen molar-refractivity contribution in [1.82, 2.24) is 0 Å². The first-order chi connectivity index (χ1) is 18.2. The molecule has 38 heavy (non-hydrogen) atoms. The highest BCUT2D eigenvalue weighted by Gasteiger charge is 2.26. The quantitative estimate of drug-likeness (QED) is 0.189. The van der Waals surface area contributed by atoms with Gasteiger partial charge >= 0.3 is 5.97 Å². The van der Waals surface area contributed by atoms with Crippen LogP contribution in [0.3, 0.4) is 0 Å². The number of nitrogens with one attached hydrogen (secondary N) is 1. The number of nitrogens with zero attached hydrogens (tertiary/aromatic N) is 4. The van der Waals surface area contributed by atoms with Crippen molar-refractivity contribution < 1.29 is 19.1 Å². The zero-order valence-corrected chi connectivity index (χ0v) is 21.4. The Kier molecular flexibility index (Phi) is 9.28. The van der Waals surface area contributed by atoms with Gasteiger partial charge in [-0.2, -0.15) is 15.6 Å². The standard InChI is InChI=1S/C29H27N5O4/c1-4-29(2,3)28(36)38-16-15-37-25-12-6-21(7-13-25)27(35)32-23-8-10-24(11-9-23)33-34-26-14-5-20(18-30)17-22(26)19-31/h5-14,17H,4,15-16H2,1-3H3,(H,32,35). The number of rotatable bonds is 10. The Hall–Kier alpha value is -5.02. The van der Waals surface area contributed by atoms with Gasteiger partial charge in [0.1, 0.15) is 30.7 Å². The van der Waals surface area contributed by atoms with Crippen molar-refractivity contribution in [3.63, 3.8) is 0 Å². The fraction of sp³-hybridized carbons (Fsp3) is 0.241. The van der Waals surface area contributed by atoms with E-state index in [2.05, 4.69) is 15.5 Å². The number of hydrogen-bond donors (Lipinski definition) is 1. The number of carbonyl (C=O) groups is 2. The molecule has 0 saturated carbocycles. The maximum Gasteiger partial charge on any atom is 0.311 e. The summed E-state index contributed by atoms with van der Waals surface area (Å²) >= 11 is 0. The Bertz CT molecular complexity index is 1400. The van der Waals surface area contributed by atoms with Gasteiger partial charge in [-0.15, -0.1) is 5.11 Å². The highest BCUT2D eigenvalue weighted by molar-refractivity contribution is 6.04. The fourth-order valence-electron chi connectivity index (χ4n) is 3.04. The van der Waals surface area contributed by atoms with E-state index < -0.39 is 5.41 Å². The maximum absolute atomic E-state index is 12.6. The number of hydrogen-bond acceptors (Lipinski definition) is 8. The van der Waals surface area contributed by atoms with E-state index in [-0.39, 0.29) is 30.7 Å². The first-order valence-electron chi connectivity index (χ1n) is 11.9. The van der Waals surface area contributed by atoms with Crippen molar-refractivity contribution in [2.75, 3.05) is 18.5 Å². The number of carbonyl (C=O) groups excluding carboxylic acids is 2. The van der Waals surface area contributed by atoms with Crippen molar-refractivity contribution in [2.24, 2.45) is 15.6 Å². The summed E-state index contributed by atoms with van der Waals surface area (Å²) in [5.74, 6) is 0.00735. The molecule has 0 aromatic heterocycles. The van der Waals surface area contributed by atoms with E-state index in [1.54, 1.807) is 60.7 Å². The van der Waals surface area contributed by atoms with Crippen LogP contribution in [-0.4, -0.2) is 25.1 Å². The van der Waals surface area contributed by atoms with Crippen LogP contribution in [0, 0.1) is 28.1 Å². The molecule has 0 spiro atoms. The lowest BCUT2D eigenvalue weighted by atomic mass is 9.91. The third-order valence-electron chi connectivity index (χ3n) is 5.78. The van der Waals surface area contributed by atoms with E-state index in [0.717, 1.165) is 0 Å². The lowest BCUT2D eigenvalue weighted by Crippen LogP contribution is -2.27. The summed E-state index contributed by atoms with van der Waals surface area (Å²) in [6.07, 6.45) is 0.690. The normalized spacial score (nSPS) is 10.9. The van der Waals surface area contributed by atoms with E-state index in [9.17, 15) is 14.9 Å². The topological polar surface area (TPSA) is 137 Å². The summed E-state index contributed by atoms with van der Waals surface area (Å²) in [4.78, 5) is 24.6. The van der Waals surface area contributed by atoms with Gasteiger partial charge in [-0.25, -0.2) is 0 Å². The molecule has 0 aliphatic heterocycles. The van der Waals surface area contributed by atoms with Crippen molar-refractivity contribution in [3.8, 4) is 17.9 Å². The first-order valence-corrected chi connectivity index (χ1v) is 11.9. The lowest BCUT2D eigenvalue weighted by molar-refractivity contribution is -0.154. The van der Waals surface area contributed by atoms with Crippen molar-refractivity contribution in [2.45, 2.75) is 27.2 Å². The SMILES string of the molecule is CCC(C)(C)C(=O)OCCOc1ccc(C(=O)Nc2ccc(N=Nc3ccc(C#N)cc3C#N)cc2)cc1. The predicted octanol–water partition coefficient (Wildman–Crippen LogP) is 6.46. The molecule has 9 nitrogen and oxygen atoms in total. The molecular formula is C29H27N5O4. The van der Waals surface area contributed by atoms with Crippen LogP contribution >= 0.6 is 0 Å². The van der Waals surface area contributed by atoms with Crippen LogP contribution in [0.1, 0.15) is 48.7 Å². The molecule has 0 fully saturated rings. The molecule has 3 rings (SSSR count). The van der Waals surface area contributed by atoms with E-state index in [0.29, 0.717) is 40.4 Å². The minimum absolute atomic E-state index is 0.146. The van der Waals surface area contributed by atoms with Crippen LogP contribution in [-0.2, 0) is 9.53 Å². The van der Waals surface area contributed by atoms with Crippen LogP contribution in [0.2, 0.25) is 0 Å². The second-order valence-corrected chi connectivity index (χ2v) is 8.90. The number of amides is 1. The van der Waals surface area contributed by atoms with Crippen LogP contribution in [0.5, 0.6) is 5.75 Å². The molecular weight excluding hydrogens is 482 g/mol. The number of anilines is 1. The second-order valence-electron chi connectivity index (χ2n) is 8.90. The Labute approximate surface area is 221 Å². The highest BCUT2D eigenvalue weighted by Crippen LogP contribution is 2.24. The number of esters is 1. The Morgan fingerprint density at radius 2 is 1.63 bits per heavy atom. The van der Waals surface area contributed by atoms with Crippen molar-refractivity contribution in [3.05, 3.63) is 83.4 Å². The zero-order chi connectivity index (χ0) is 27.5. The lowest BCUT2D eigenvalue weighted by Gasteiger charge is -2.20. The number of nitriles is 2. The molecule has 0 radical (unpaired) electrons. The summed E-state index contributed by atoms with van der Waals surface area (Å²) in [5.41, 5.74) is 2.02.